The smallest absolute Gasteiger partial charge is 0.260 e. The van der Waals surface area contributed by atoms with E-state index < -0.39 is 0 Å². The van der Waals surface area contributed by atoms with Gasteiger partial charge in [0.15, 0.2) is 17.0 Å². The largest absolute Gasteiger partial charge is 0.495 e. The van der Waals surface area contributed by atoms with Crippen LogP contribution in [0, 0.1) is 6.92 Å². The van der Waals surface area contributed by atoms with E-state index in [-0.39, 0.29) is 11.4 Å². The van der Waals surface area contributed by atoms with Crippen LogP contribution in [0.1, 0.15) is 16.7 Å². The van der Waals surface area contributed by atoms with Crippen LogP contribution in [0.4, 0.5) is 5.69 Å². The number of rotatable bonds is 8. The molecule has 34 heavy (non-hydrogen) atoms. The van der Waals surface area contributed by atoms with Gasteiger partial charge in [-0.2, -0.15) is 0 Å². The number of methoxy groups -OCH3 is 2. The maximum Gasteiger partial charge on any atom is 0.260 e. The van der Waals surface area contributed by atoms with Gasteiger partial charge >= 0.3 is 0 Å². The van der Waals surface area contributed by atoms with Gasteiger partial charge in [0.2, 0.25) is 0 Å². The summed E-state index contributed by atoms with van der Waals surface area (Å²) in [5.41, 5.74) is 3.45. The van der Waals surface area contributed by atoms with Crippen molar-refractivity contribution in [1.82, 2.24) is 5.32 Å². The van der Waals surface area contributed by atoms with Crippen molar-refractivity contribution in [2.75, 3.05) is 19.5 Å². The molecule has 1 heterocycles. The molecule has 6 nitrogen and oxygen atoms in total. The minimum Gasteiger partial charge on any atom is -0.495 e. The number of ether oxygens (including phenoxy) is 3. The normalized spacial score (nSPS) is 16.3. The number of carbonyl (C=O) groups excluding carboxylic acids is 1. The zero-order chi connectivity index (χ0) is 24.1. The summed E-state index contributed by atoms with van der Waals surface area (Å²) in [7, 11) is 3.21. The van der Waals surface area contributed by atoms with E-state index in [1.807, 2.05) is 73.7 Å². The van der Waals surface area contributed by atoms with E-state index in [0.717, 1.165) is 28.1 Å². The van der Waals surface area contributed by atoms with E-state index in [0.29, 0.717) is 28.0 Å². The predicted octanol–water partition coefficient (Wildman–Crippen LogP) is 5.84. The Morgan fingerprint density at radius 2 is 1.74 bits per heavy atom. The van der Waals surface area contributed by atoms with E-state index in [1.54, 1.807) is 14.2 Å². The molecule has 4 rings (SSSR count). The summed E-state index contributed by atoms with van der Waals surface area (Å²) in [6.45, 7) is 2.40. The lowest BCUT2D eigenvalue weighted by molar-refractivity contribution is -0.116. The molecule has 1 fully saturated rings. The maximum absolute atomic E-state index is 12.6. The summed E-state index contributed by atoms with van der Waals surface area (Å²) in [6, 6.07) is 18.9. The summed E-state index contributed by atoms with van der Waals surface area (Å²) in [6.07, 6.45) is 1.83. The Labute approximate surface area is 208 Å². The lowest BCUT2D eigenvalue weighted by Crippen LogP contribution is -2.31. The van der Waals surface area contributed by atoms with Crippen molar-refractivity contribution in [3.63, 3.8) is 0 Å². The first-order valence-corrected chi connectivity index (χ1v) is 11.9. The second-order valence-electron chi connectivity index (χ2n) is 7.65. The van der Waals surface area contributed by atoms with E-state index in [4.69, 9.17) is 25.8 Å². The highest BCUT2D eigenvalue weighted by Gasteiger charge is 2.28. The number of thioether (sulfide) groups is 1. The predicted molar refractivity (Wildman–Crippen MR) is 138 cm³/mol. The van der Waals surface area contributed by atoms with E-state index in [2.05, 4.69) is 10.6 Å². The highest BCUT2D eigenvalue weighted by molar-refractivity contribution is 8.05. The van der Waals surface area contributed by atoms with Crippen molar-refractivity contribution in [3.8, 4) is 17.2 Å². The first kappa shape index (κ1) is 23.9. The molecule has 0 bridgehead atoms. The average molecular weight is 497 g/mol. The van der Waals surface area contributed by atoms with Crippen LogP contribution < -0.4 is 24.8 Å². The zero-order valence-corrected chi connectivity index (χ0v) is 20.6. The van der Waals surface area contributed by atoms with Gasteiger partial charge in [-0.05, 0) is 66.1 Å². The summed E-state index contributed by atoms with van der Waals surface area (Å²) in [5.74, 6) is 1.79. The number of aryl methyl sites for hydroxylation is 1. The van der Waals surface area contributed by atoms with Gasteiger partial charge in [-0.15, -0.1) is 0 Å². The maximum atomic E-state index is 12.6. The van der Waals surface area contributed by atoms with Crippen LogP contribution in [0.5, 0.6) is 17.2 Å². The highest BCUT2D eigenvalue weighted by atomic mass is 35.5. The molecule has 1 unspecified atom stereocenters. The number of benzene rings is 3. The fraction of sp³-hybridized carbons (Fsp3) is 0.192. The second kappa shape index (κ2) is 10.8. The van der Waals surface area contributed by atoms with E-state index in [1.165, 1.54) is 11.8 Å². The average Bonchev–Trinajstić information content (AvgIpc) is 3.17. The van der Waals surface area contributed by atoms with Crippen molar-refractivity contribution in [2.24, 2.45) is 0 Å². The lowest BCUT2D eigenvalue weighted by atomic mass is 10.2. The van der Waals surface area contributed by atoms with Gasteiger partial charge in [0.25, 0.3) is 5.91 Å². The van der Waals surface area contributed by atoms with Gasteiger partial charge < -0.3 is 24.8 Å². The number of nitrogens with one attached hydrogen (secondary N) is 2. The SMILES string of the molecule is COc1ccc(C)cc1NC1NC(=O)/C(=C/c2ccc(OCc3ccc(Cl)cc3)c(OC)c2)S1. The van der Waals surface area contributed by atoms with Crippen molar-refractivity contribution in [2.45, 2.75) is 19.0 Å². The fourth-order valence-electron chi connectivity index (χ4n) is 3.43. The number of anilines is 1. The Bertz CT molecular complexity index is 1210. The molecule has 0 radical (unpaired) electrons. The number of carbonyl (C=O) groups is 1. The van der Waals surface area contributed by atoms with Crippen LogP contribution in [0.2, 0.25) is 5.02 Å². The number of hydrogen-bond acceptors (Lipinski definition) is 6. The van der Waals surface area contributed by atoms with Crippen molar-refractivity contribution in [3.05, 3.63) is 87.3 Å². The number of hydrogen-bond donors (Lipinski definition) is 2. The summed E-state index contributed by atoms with van der Waals surface area (Å²) < 4.78 is 16.9. The highest BCUT2D eigenvalue weighted by Crippen LogP contribution is 2.35. The van der Waals surface area contributed by atoms with E-state index in [9.17, 15) is 4.79 Å². The first-order chi connectivity index (χ1) is 16.4. The second-order valence-corrected chi connectivity index (χ2v) is 9.24. The quantitative estimate of drug-likeness (QED) is 0.381. The van der Waals surface area contributed by atoms with Crippen LogP contribution in [0.3, 0.4) is 0 Å². The van der Waals surface area contributed by atoms with Crippen molar-refractivity contribution >= 4 is 41.0 Å². The summed E-state index contributed by atoms with van der Waals surface area (Å²) in [4.78, 5) is 13.2. The molecule has 0 aromatic heterocycles. The fourth-order valence-corrected chi connectivity index (χ4v) is 4.53. The molecule has 0 spiro atoms. The Morgan fingerprint density at radius 1 is 1.00 bits per heavy atom. The van der Waals surface area contributed by atoms with Crippen LogP contribution in [-0.4, -0.2) is 25.6 Å². The number of halogens is 1. The van der Waals surface area contributed by atoms with Gasteiger partial charge in [0.05, 0.1) is 24.8 Å². The minimum atomic E-state index is -0.307. The Balaban J connectivity index is 1.45. The molecule has 3 aromatic carbocycles. The molecule has 1 aliphatic heterocycles. The Morgan fingerprint density at radius 3 is 2.47 bits per heavy atom. The molecule has 1 amide bonds. The molecule has 8 heteroatoms. The van der Waals surface area contributed by atoms with Gasteiger partial charge in [0, 0.05) is 5.02 Å². The van der Waals surface area contributed by atoms with Crippen LogP contribution >= 0.6 is 23.4 Å². The third-order valence-electron chi connectivity index (χ3n) is 5.17. The molecule has 2 N–H and O–H groups in total. The molecule has 1 saturated heterocycles. The standard InChI is InChI=1S/C26H25ClN2O4S/c1-16-4-10-21(31-2)20(12-16)28-26-29-25(30)24(34-26)14-18-7-11-22(23(13-18)32-3)33-15-17-5-8-19(27)9-6-17/h4-14,26,28H,15H2,1-3H3,(H,29,30)/b24-14-. The monoisotopic (exact) mass is 496 g/mol. The molecular formula is C26H25ClN2O4S. The van der Waals surface area contributed by atoms with Gasteiger partial charge in [-0.1, -0.05) is 47.6 Å². The molecular weight excluding hydrogens is 472 g/mol. The zero-order valence-electron chi connectivity index (χ0n) is 19.1. The van der Waals surface area contributed by atoms with Crippen LogP contribution in [-0.2, 0) is 11.4 Å². The van der Waals surface area contributed by atoms with Crippen molar-refractivity contribution < 1.29 is 19.0 Å². The molecule has 0 aliphatic carbocycles. The molecule has 176 valence electrons. The summed E-state index contributed by atoms with van der Waals surface area (Å²) >= 11 is 7.35. The topological polar surface area (TPSA) is 68.8 Å². The Hall–Kier alpha value is -3.29. The molecule has 1 aliphatic rings. The lowest BCUT2D eigenvalue weighted by Gasteiger charge is -2.16. The third kappa shape index (κ3) is 5.79. The third-order valence-corrected chi connectivity index (χ3v) is 6.45. The first-order valence-electron chi connectivity index (χ1n) is 10.6. The van der Waals surface area contributed by atoms with Gasteiger partial charge in [-0.25, -0.2) is 0 Å². The van der Waals surface area contributed by atoms with Gasteiger partial charge in [0.1, 0.15) is 12.4 Å². The number of amides is 1. The molecule has 0 saturated carbocycles. The van der Waals surface area contributed by atoms with Crippen molar-refractivity contribution in [1.29, 1.82) is 0 Å². The van der Waals surface area contributed by atoms with Crippen LogP contribution in [0.15, 0.2) is 65.6 Å². The molecule has 1 atom stereocenters. The molecule has 3 aromatic rings. The van der Waals surface area contributed by atoms with Gasteiger partial charge in [-0.3, -0.25) is 4.79 Å². The minimum absolute atomic E-state index is 0.142. The summed E-state index contributed by atoms with van der Waals surface area (Å²) in [5, 5.41) is 6.96. The Kier molecular flexibility index (Phi) is 7.55. The van der Waals surface area contributed by atoms with Crippen LogP contribution in [0.25, 0.3) is 6.08 Å². The van der Waals surface area contributed by atoms with E-state index >= 15 is 0 Å².